The summed E-state index contributed by atoms with van der Waals surface area (Å²) >= 11 is 11.1. The minimum absolute atomic E-state index is 0.728. The molecule has 1 N–H and O–H groups in total. The highest BCUT2D eigenvalue weighted by atomic mass is 79.9. The van der Waals surface area contributed by atoms with E-state index in [4.69, 9.17) is 11.6 Å². The van der Waals surface area contributed by atoms with Crippen LogP contribution in [0.15, 0.2) is 15.9 Å². The molecule has 1 aromatic heterocycles. The van der Waals surface area contributed by atoms with E-state index in [0.717, 1.165) is 31.3 Å². The largest absolute Gasteiger partial charge is 0.312 e. The second-order valence-electron chi connectivity index (χ2n) is 3.97. The number of hydrogen-bond acceptors (Lipinski definition) is 2. The number of alkyl halides is 1. The summed E-state index contributed by atoms with van der Waals surface area (Å²) in [6, 6.07) is 4.27. The molecule has 0 bridgehead atoms. The molecule has 0 aliphatic carbocycles. The van der Waals surface area contributed by atoms with Crippen LogP contribution >= 0.6 is 38.9 Å². The molecule has 1 atom stereocenters. The Morgan fingerprint density at radius 2 is 2.25 bits per heavy atom. The molecule has 0 aliphatic heterocycles. The van der Waals surface area contributed by atoms with E-state index in [-0.39, 0.29) is 0 Å². The molecule has 0 saturated heterocycles. The van der Waals surface area contributed by atoms with Crippen LogP contribution in [-0.2, 0) is 6.54 Å². The van der Waals surface area contributed by atoms with E-state index in [2.05, 4.69) is 40.3 Å². The Balaban J connectivity index is 2.21. The monoisotopic (exact) mass is 323 g/mol. The Hall–Kier alpha value is 0.430. The van der Waals surface area contributed by atoms with E-state index in [1.807, 2.05) is 0 Å². The van der Waals surface area contributed by atoms with Crippen LogP contribution in [0.4, 0.5) is 0 Å². The molecule has 0 fully saturated rings. The average Bonchev–Trinajstić information content (AvgIpc) is 2.65. The van der Waals surface area contributed by atoms with Crippen molar-refractivity contribution in [3.8, 4) is 0 Å². The van der Waals surface area contributed by atoms with E-state index in [9.17, 15) is 0 Å². The number of halogens is 2. The van der Waals surface area contributed by atoms with E-state index in [1.165, 1.54) is 21.5 Å². The molecule has 4 heteroatoms. The highest BCUT2D eigenvalue weighted by Crippen LogP contribution is 2.21. The van der Waals surface area contributed by atoms with Gasteiger partial charge in [0.2, 0.25) is 0 Å². The standard InChI is InChI=1S/C12H19BrClNS/c1-2-3-10(6-7-14)8-15-9-11-4-5-12(13)16-11/h4-5,10,15H,2-3,6-9H2,1H3. The lowest BCUT2D eigenvalue weighted by Gasteiger charge is -2.15. The van der Waals surface area contributed by atoms with Crippen molar-refractivity contribution in [2.75, 3.05) is 12.4 Å². The van der Waals surface area contributed by atoms with Gasteiger partial charge in [0, 0.05) is 17.3 Å². The highest BCUT2D eigenvalue weighted by molar-refractivity contribution is 9.11. The SMILES string of the molecule is CCCC(CCCl)CNCc1ccc(Br)s1. The summed E-state index contributed by atoms with van der Waals surface area (Å²) in [7, 11) is 0. The number of nitrogens with one attached hydrogen (secondary N) is 1. The van der Waals surface area contributed by atoms with Gasteiger partial charge < -0.3 is 5.32 Å². The number of hydrogen-bond donors (Lipinski definition) is 1. The topological polar surface area (TPSA) is 12.0 Å². The van der Waals surface area contributed by atoms with Crippen molar-refractivity contribution in [1.82, 2.24) is 5.32 Å². The number of rotatable bonds is 8. The summed E-state index contributed by atoms with van der Waals surface area (Å²) < 4.78 is 1.20. The zero-order chi connectivity index (χ0) is 11.8. The number of thiophene rings is 1. The van der Waals surface area contributed by atoms with Crippen LogP contribution in [0.1, 0.15) is 31.1 Å². The van der Waals surface area contributed by atoms with Crippen LogP contribution in [0, 0.1) is 5.92 Å². The first-order valence-corrected chi connectivity index (χ1v) is 7.91. The van der Waals surface area contributed by atoms with Gasteiger partial charge in [0.1, 0.15) is 0 Å². The molecule has 1 unspecified atom stereocenters. The van der Waals surface area contributed by atoms with Crippen LogP contribution in [0.25, 0.3) is 0 Å². The lowest BCUT2D eigenvalue weighted by Crippen LogP contribution is -2.22. The first-order chi connectivity index (χ1) is 7.76. The van der Waals surface area contributed by atoms with Gasteiger partial charge in [0.25, 0.3) is 0 Å². The van der Waals surface area contributed by atoms with Crippen molar-refractivity contribution in [3.63, 3.8) is 0 Å². The van der Waals surface area contributed by atoms with Crippen molar-refractivity contribution < 1.29 is 0 Å². The minimum Gasteiger partial charge on any atom is -0.312 e. The zero-order valence-electron chi connectivity index (χ0n) is 9.64. The zero-order valence-corrected chi connectivity index (χ0v) is 12.8. The van der Waals surface area contributed by atoms with Crippen molar-refractivity contribution >= 4 is 38.9 Å². The molecule has 0 aromatic carbocycles. The second kappa shape index (κ2) is 8.51. The molecular weight excluding hydrogens is 306 g/mol. The molecule has 1 aromatic rings. The molecule has 16 heavy (non-hydrogen) atoms. The van der Waals surface area contributed by atoms with Crippen LogP contribution in [-0.4, -0.2) is 12.4 Å². The third-order valence-corrected chi connectivity index (χ3v) is 4.42. The molecule has 0 amide bonds. The van der Waals surface area contributed by atoms with E-state index < -0.39 is 0 Å². The predicted octanol–water partition coefficient (Wildman–Crippen LogP) is 4.65. The summed E-state index contributed by atoms with van der Waals surface area (Å²) in [5.74, 6) is 1.50. The smallest absolute Gasteiger partial charge is 0.0701 e. The first-order valence-electron chi connectivity index (χ1n) is 5.77. The average molecular weight is 325 g/mol. The van der Waals surface area contributed by atoms with Crippen LogP contribution in [0.5, 0.6) is 0 Å². The van der Waals surface area contributed by atoms with Crippen molar-refractivity contribution in [3.05, 3.63) is 20.8 Å². The summed E-state index contributed by atoms with van der Waals surface area (Å²) in [4.78, 5) is 1.38. The normalized spacial score (nSPS) is 12.9. The third-order valence-electron chi connectivity index (χ3n) is 2.58. The first kappa shape index (κ1) is 14.5. The van der Waals surface area contributed by atoms with E-state index >= 15 is 0 Å². The van der Waals surface area contributed by atoms with Crippen molar-refractivity contribution in [1.29, 1.82) is 0 Å². The molecule has 0 radical (unpaired) electrons. The Morgan fingerprint density at radius 3 is 2.81 bits per heavy atom. The molecular formula is C12H19BrClNS. The Labute approximate surface area is 116 Å². The van der Waals surface area contributed by atoms with Crippen molar-refractivity contribution in [2.24, 2.45) is 5.92 Å². The fourth-order valence-electron chi connectivity index (χ4n) is 1.76. The Morgan fingerprint density at radius 1 is 1.44 bits per heavy atom. The fraction of sp³-hybridized carbons (Fsp3) is 0.667. The van der Waals surface area contributed by atoms with Crippen molar-refractivity contribution in [2.45, 2.75) is 32.7 Å². The van der Waals surface area contributed by atoms with Gasteiger partial charge in [-0.15, -0.1) is 22.9 Å². The Bertz CT molecular complexity index is 284. The predicted molar refractivity (Wildman–Crippen MR) is 77.5 cm³/mol. The van der Waals surface area contributed by atoms with Crippen LogP contribution < -0.4 is 5.32 Å². The molecule has 92 valence electrons. The summed E-state index contributed by atoms with van der Waals surface area (Å²) in [6.45, 7) is 4.28. The quantitative estimate of drug-likeness (QED) is 0.687. The lowest BCUT2D eigenvalue weighted by atomic mass is 10.0. The van der Waals surface area contributed by atoms with Gasteiger partial charge >= 0.3 is 0 Å². The third kappa shape index (κ3) is 5.67. The van der Waals surface area contributed by atoms with Gasteiger partial charge in [-0.2, -0.15) is 0 Å². The summed E-state index contributed by atoms with van der Waals surface area (Å²) in [6.07, 6.45) is 3.64. The summed E-state index contributed by atoms with van der Waals surface area (Å²) in [5.41, 5.74) is 0. The van der Waals surface area contributed by atoms with E-state index in [1.54, 1.807) is 11.3 Å². The molecule has 0 spiro atoms. The van der Waals surface area contributed by atoms with Gasteiger partial charge in [0.05, 0.1) is 3.79 Å². The van der Waals surface area contributed by atoms with Gasteiger partial charge in [0.15, 0.2) is 0 Å². The van der Waals surface area contributed by atoms with Crippen LogP contribution in [0.2, 0.25) is 0 Å². The molecule has 0 aliphatic rings. The molecule has 1 rings (SSSR count). The maximum Gasteiger partial charge on any atom is 0.0701 e. The molecule has 1 nitrogen and oxygen atoms in total. The van der Waals surface area contributed by atoms with E-state index in [0.29, 0.717) is 0 Å². The second-order valence-corrected chi connectivity index (χ2v) is 6.89. The Kier molecular flexibility index (Phi) is 7.71. The van der Waals surface area contributed by atoms with Gasteiger partial charge in [-0.25, -0.2) is 0 Å². The highest BCUT2D eigenvalue weighted by Gasteiger charge is 2.06. The molecule has 1 heterocycles. The minimum atomic E-state index is 0.728. The maximum atomic E-state index is 5.80. The van der Waals surface area contributed by atoms with Gasteiger partial charge in [-0.3, -0.25) is 0 Å². The summed E-state index contributed by atoms with van der Waals surface area (Å²) in [5, 5.41) is 3.52. The lowest BCUT2D eigenvalue weighted by molar-refractivity contribution is 0.431. The molecule has 0 saturated carbocycles. The fourth-order valence-corrected chi connectivity index (χ4v) is 3.52. The van der Waals surface area contributed by atoms with Crippen LogP contribution in [0.3, 0.4) is 0 Å². The maximum absolute atomic E-state index is 5.80. The van der Waals surface area contributed by atoms with Gasteiger partial charge in [-0.1, -0.05) is 13.3 Å². The van der Waals surface area contributed by atoms with Gasteiger partial charge in [-0.05, 0) is 53.4 Å².